The number of hydrogen-bond donors (Lipinski definition) is 3. The Balaban J connectivity index is 1.38. The highest BCUT2D eigenvalue weighted by atomic mass is 32.2. The van der Waals surface area contributed by atoms with Crippen molar-refractivity contribution in [1.29, 1.82) is 0 Å². The molecule has 0 radical (unpaired) electrons. The lowest BCUT2D eigenvalue weighted by atomic mass is 10.0. The molecule has 2 atom stereocenters. The van der Waals surface area contributed by atoms with Crippen LogP contribution in [0, 0.1) is 0 Å². The van der Waals surface area contributed by atoms with Gasteiger partial charge >= 0.3 is 6.09 Å². The number of nitrogens with zero attached hydrogens (tertiary/aromatic N) is 1. The van der Waals surface area contributed by atoms with Gasteiger partial charge in [-0.2, -0.15) is 5.10 Å². The van der Waals surface area contributed by atoms with E-state index in [0.29, 0.717) is 22.8 Å². The van der Waals surface area contributed by atoms with Crippen molar-refractivity contribution in [2.45, 2.75) is 62.5 Å². The molecule has 1 saturated carbocycles. The third-order valence-corrected chi connectivity index (χ3v) is 7.21. The summed E-state index contributed by atoms with van der Waals surface area (Å²) in [5.74, 6) is 1.06. The summed E-state index contributed by atoms with van der Waals surface area (Å²) in [6.07, 6.45) is 2.60. The molecular weight excluding hydrogens is 392 g/mol. The molecule has 3 N–H and O–H groups in total. The fraction of sp³-hybridized carbons (Fsp3) is 0.500. The van der Waals surface area contributed by atoms with Crippen LogP contribution in [0.25, 0.3) is 0 Å². The Bertz CT molecular complexity index is 1020. The lowest BCUT2D eigenvalue weighted by molar-refractivity contribution is 0.0981. The van der Waals surface area contributed by atoms with Crippen molar-refractivity contribution in [2.24, 2.45) is 0 Å². The highest BCUT2D eigenvalue weighted by molar-refractivity contribution is 7.91. The minimum Gasteiger partial charge on any atom is -0.446 e. The number of alkyl carbamates (subject to hydrolysis) is 1. The first-order chi connectivity index (χ1) is 13.8. The number of aromatic nitrogens is 2. The molecule has 1 aromatic heterocycles. The van der Waals surface area contributed by atoms with E-state index in [1.165, 1.54) is 0 Å². The van der Waals surface area contributed by atoms with Gasteiger partial charge in [0, 0.05) is 29.4 Å². The van der Waals surface area contributed by atoms with Gasteiger partial charge in [-0.3, -0.25) is 5.10 Å². The number of sulfone groups is 1. The Labute approximate surface area is 170 Å². The summed E-state index contributed by atoms with van der Waals surface area (Å²) in [5, 5.41) is 13.3. The Morgan fingerprint density at radius 1 is 1.28 bits per heavy atom. The van der Waals surface area contributed by atoms with Crippen molar-refractivity contribution >= 4 is 27.4 Å². The van der Waals surface area contributed by atoms with Gasteiger partial charge in [-0.1, -0.05) is 6.07 Å². The van der Waals surface area contributed by atoms with Crippen molar-refractivity contribution in [2.75, 3.05) is 11.1 Å². The first-order valence-corrected chi connectivity index (χ1v) is 11.6. The second-order valence-corrected chi connectivity index (χ2v) is 10.1. The molecule has 0 spiro atoms. The second-order valence-electron chi connectivity index (χ2n) is 8.06. The number of aryl methyl sites for hydroxylation is 1. The summed E-state index contributed by atoms with van der Waals surface area (Å²) in [5.41, 5.74) is 2.55. The number of fused-ring (bicyclic) bond motifs is 1. The summed E-state index contributed by atoms with van der Waals surface area (Å²) in [6.45, 7) is 3.79. The maximum Gasteiger partial charge on any atom is 0.407 e. The zero-order chi connectivity index (χ0) is 20.6. The molecule has 1 amide bonds. The number of hydrogen-bond acceptors (Lipinski definition) is 6. The summed E-state index contributed by atoms with van der Waals surface area (Å²) < 4.78 is 29.7. The van der Waals surface area contributed by atoms with Crippen LogP contribution in [-0.2, 0) is 21.0 Å². The topological polar surface area (TPSA) is 113 Å². The van der Waals surface area contributed by atoms with Crippen LogP contribution in [0.15, 0.2) is 29.2 Å². The smallest absolute Gasteiger partial charge is 0.407 e. The van der Waals surface area contributed by atoms with Crippen molar-refractivity contribution in [3.63, 3.8) is 0 Å². The van der Waals surface area contributed by atoms with Gasteiger partial charge < -0.3 is 15.4 Å². The third-order valence-electron chi connectivity index (χ3n) is 5.42. The molecule has 9 heteroatoms. The molecule has 4 rings (SSSR count). The first kappa shape index (κ1) is 19.8. The molecule has 1 aromatic carbocycles. The van der Waals surface area contributed by atoms with E-state index in [2.05, 4.69) is 20.8 Å². The summed E-state index contributed by atoms with van der Waals surface area (Å²) in [4.78, 5) is 12.2. The maximum atomic E-state index is 12.1. The van der Waals surface area contributed by atoms with E-state index >= 15 is 0 Å². The quantitative estimate of drug-likeness (QED) is 0.687. The Kier molecular flexibility index (Phi) is 5.24. The number of nitrogens with one attached hydrogen (secondary N) is 3. The van der Waals surface area contributed by atoms with E-state index in [1.807, 2.05) is 32.0 Å². The molecular formula is C20H26N4O4S. The van der Waals surface area contributed by atoms with Crippen LogP contribution in [0.1, 0.15) is 50.3 Å². The normalized spacial score (nSPS) is 22.4. The molecule has 2 aliphatic rings. The van der Waals surface area contributed by atoms with Crippen LogP contribution in [0.4, 0.5) is 16.3 Å². The molecule has 29 heavy (non-hydrogen) atoms. The Hall–Kier alpha value is -2.55. The largest absolute Gasteiger partial charge is 0.446 e. The van der Waals surface area contributed by atoms with Crippen molar-refractivity contribution in [1.82, 2.24) is 15.5 Å². The lowest BCUT2D eigenvalue weighted by Gasteiger charge is -2.14. The molecule has 2 unspecified atom stereocenters. The molecule has 2 aromatic rings. The van der Waals surface area contributed by atoms with Crippen molar-refractivity contribution in [3.05, 3.63) is 35.5 Å². The van der Waals surface area contributed by atoms with Gasteiger partial charge in [0.05, 0.1) is 10.6 Å². The van der Waals surface area contributed by atoms with E-state index in [9.17, 15) is 13.2 Å². The standard InChI is InChI=1S/C20H26N4O4S/c1-12(2)21-20(25)28-16-6-4-14(9-16)17-11-19(24-23-17)22-15-5-3-13-7-8-29(26,27)18(13)10-15/h3,5,10-12,14,16H,4,6-9H2,1-2H3,(H,21,25)(H2,22,23,24). The van der Waals surface area contributed by atoms with E-state index < -0.39 is 9.84 Å². The molecule has 1 aliphatic carbocycles. The predicted molar refractivity (Wildman–Crippen MR) is 109 cm³/mol. The van der Waals surface area contributed by atoms with Crippen LogP contribution >= 0.6 is 0 Å². The fourth-order valence-electron chi connectivity index (χ4n) is 3.99. The monoisotopic (exact) mass is 418 g/mol. The van der Waals surface area contributed by atoms with E-state index in [-0.39, 0.29) is 29.9 Å². The average Bonchev–Trinajstić information content (AvgIpc) is 3.35. The zero-order valence-corrected chi connectivity index (χ0v) is 17.4. The first-order valence-electron chi connectivity index (χ1n) is 9.95. The summed E-state index contributed by atoms with van der Waals surface area (Å²) in [6, 6.07) is 7.40. The van der Waals surface area contributed by atoms with Crippen molar-refractivity contribution in [3.8, 4) is 0 Å². The van der Waals surface area contributed by atoms with Gasteiger partial charge in [0.25, 0.3) is 0 Å². The maximum absolute atomic E-state index is 12.1. The van der Waals surface area contributed by atoms with Crippen LogP contribution in [0.3, 0.4) is 0 Å². The summed E-state index contributed by atoms with van der Waals surface area (Å²) >= 11 is 0. The highest BCUT2D eigenvalue weighted by Crippen LogP contribution is 2.36. The average molecular weight is 419 g/mol. The number of aromatic amines is 1. The van der Waals surface area contributed by atoms with E-state index in [0.717, 1.165) is 30.5 Å². The van der Waals surface area contributed by atoms with Gasteiger partial charge in [0.2, 0.25) is 0 Å². The van der Waals surface area contributed by atoms with E-state index in [1.54, 1.807) is 6.07 Å². The number of anilines is 2. The second kappa shape index (κ2) is 7.70. The Morgan fingerprint density at radius 3 is 2.90 bits per heavy atom. The molecule has 0 bridgehead atoms. The molecule has 1 fully saturated rings. The molecule has 1 aliphatic heterocycles. The number of ether oxygens (including phenoxy) is 1. The number of rotatable bonds is 5. The van der Waals surface area contributed by atoms with Crippen molar-refractivity contribution < 1.29 is 17.9 Å². The molecule has 0 saturated heterocycles. The number of amides is 1. The minimum absolute atomic E-state index is 0.0511. The minimum atomic E-state index is -3.17. The van der Waals surface area contributed by atoms with Gasteiger partial charge in [0.1, 0.15) is 6.10 Å². The van der Waals surface area contributed by atoms with E-state index in [4.69, 9.17) is 4.74 Å². The van der Waals surface area contributed by atoms with Gasteiger partial charge in [0.15, 0.2) is 15.7 Å². The molecule has 2 heterocycles. The number of carbonyl (C=O) groups excluding carboxylic acids is 1. The fourth-order valence-corrected chi connectivity index (χ4v) is 5.58. The van der Waals surface area contributed by atoms with Crippen LogP contribution in [0.2, 0.25) is 0 Å². The molecule has 8 nitrogen and oxygen atoms in total. The Morgan fingerprint density at radius 2 is 2.10 bits per heavy atom. The van der Waals surface area contributed by atoms with Crippen LogP contribution < -0.4 is 10.6 Å². The number of H-pyrrole nitrogens is 1. The zero-order valence-electron chi connectivity index (χ0n) is 16.6. The number of benzene rings is 1. The SMILES string of the molecule is CC(C)NC(=O)OC1CCC(c2cc(Nc3ccc4c(c3)S(=O)(=O)CC4)n[nH]2)C1. The van der Waals surface area contributed by atoms with Gasteiger partial charge in [-0.15, -0.1) is 0 Å². The highest BCUT2D eigenvalue weighted by Gasteiger charge is 2.30. The van der Waals surface area contributed by atoms with Crippen LogP contribution in [-0.4, -0.2) is 42.6 Å². The van der Waals surface area contributed by atoms with Gasteiger partial charge in [-0.05, 0) is 57.2 Å². The molecule has 156 valence electrons. The van der Waals surface area contributed by atoms with Gasteiger partial charge in [-0.25, -0.2) is 13.2 Å². The number of carbonyl (C=O) groups is 1. The summed E-state index contributed by atoms with van der Waals surface area (Å²) in [7, 11) is -3.17. The lowest BCUT2D eigenvalue weighted by Crippen LogP contribution is -2.33. The third kappa shape index (κ3) is 4.39. The van der Waals surface area contributed by atoms with Crippen LogP contribution in [0.5, 0.6) is 0 Å². The predicted octanol–water partition coefficient (Wildman–Crippen LogP) is 3.25.